The van der Waals surface area contributed by atoms with E-state index in [9.17, 15) is 5.11 Å². The molecule has 5 nitrogen and oxygen atoms in total. The van der Waals surface area contributed by atoms with Gasteiger partial charge in [0.25, 0.3) is 0 Å². The second kappa shape index (κ2) is 11.4. The summed E-state index contributed by atoms with van der Waals surface area (Å²) in [6, 6.07) is 47.4. The number of benzene rings is 5. The second-order valence-electron chi connectivity index (χ2n) is 10.4. The minimum absolute atomic E-state index is 0. The zero-order valence-electron chi connectivity index (χ0n) is 23.3. The minimum atomic E-state index is 0. The van der Waals surface area contributed by atoms with Crippen LogP contribution in [0.4, 0.5) is 0 Å². The van der Waals surface area contributed by atoms with Gasteiger partial charge in [-0.05, 0) is 57.9 Å². The molecule has 0 amide bonds. The molecular formula is C38H24N3O2Pt-. The largest absolute Gasteiger partial charge is 0.506 e. The average molecular weight is 750 g/mol. The Morgan fingerprint density at radius 3 is 2.36 bits per heavy atom. The molecule has 0 saturated heterocycles. The van der Waals surface area contributed by atoms with Gasteiger partial charge in [-0.15, -0.1) is 23.8 Å². The molecule has 214 valence electrons. The van der Waals surface area contributed by atoms with Gasteiger partial charge >= 0.3 is 0 Å². The van der Waals surface area contributed by atoms with E-state index < -0.39 is 0 Å². The number of phenolic OH excluding ortho intramolecular Hbond substituents is 1. The number of aromatic hydroxyl groups is 1. The first kappa shape index (κ1) is 27.6. The summed E-state index contributed by atoms with van der Waals surface area (Å²) in [7, 11) is 0. The summed E-state index contributed by atoms with van der Waals surface area (Å²) in [5.41, 5.74) is 6.06. The predicted octanol–water partition coefficient (Wildman–Crippen LogP) is 9.36. The summed E-state index contributed by atoms with van der Waals surface area (Å²) in [5, 5.41) is 15.2. The van der Waals surface area contributed by atoms with Gasteiger partial charge in [0.2, 0.25) is 5.88 Å². The number of phenols is 1. The van der Waals surface area contributed by atoms with Crippen LogP contribution in [0.3, 0.4) is 0 Å². The van der Waals surface area contributed by atoms with E-state index in [0.717, 1.165) is 44.3 Å². The molecule has 0 aliphatic heterocycles. The van der Waals surface area contributed by atoms with Crippen molar-refractivity contribution in [3.63, 3.8) is 0 Å². The molecule has 0 aliphatic carbocycles. The second-order valence-corrected chi connectivity index (χ2v) is 10.4. The SMILES string of the molecule is Oc1ccccc1-n1c2ccccc2c2ccc(-c3[c-]c(Oc4cc(-c5ccc6ccccc6c5)ccn4)ccc3)nc21.[Pt]. The fraction of sp³-hybridized carbons (Fsp3) is 0. The third-order valence-electron chi connectivity index (χ3n) is 7.72. The molecule has 8 aromatic rings. The molecule has 8 rings (SSSR count). The molecule has 0 aliphatic rings. The zero-order chi connectivity index (χ0) is 28.8. The number of fused-ring (bicyclic) bond motifs is 4. The maximum absolute atomic E-state index is 10.7. The van der Waals surface area contributed by atoms with Gasteiger partial charge in [-0.25, -0.2) is 4.98 Å². The quantitative estimate of drug-likeness (QED) is 0.178. The summed E-state index contributed by atoms with van der Waals surface area (Å²) in [4.78, 5) is 9.54. The molecule has 0 atom stereocenters. The number of nitrogens with zero attached hydrogens (tertiary/aromatic N) is 3. The van der Waals surface area contributed by atoms with Crippen molar-refractivity contribution in [2.45, 2.75) is 0 Å². The number of hydrogen-bond acceptors (Lipinski definition) is 4. The van der Waals surface area contributed by atoms with E-state index >= 15 is 0 Å². The van der Waals surface area contributed by atoms with E-state index in [-0.39, 0.29) is 26.8 Å². The van der Waals surface area contributed by atoms with Crippen molar-refractivity contribution in [2.75, 3.05) is 0 Å². The van der Waals surface area contributed by atoms with Crippen molar-refractivity contribution in [2.24, 2.45) is 0 Å². The Bertz CT molecular complexity index is 2310. The van der Waals surface area contributed by atoms with Crippen molar-refractivity contribution < 1.29 is 30.9 Å². The molecule has 1 N–H and O–H groups in total. The Balaban J connectivity index is 0.00000312. The van der Waals surface area contributed by atoms with Gasteiger partial charge in [-0.1, -0.05) is 84.9 Å². The molecule has 0 bridgehead atoms. The number of rotatable bonds is 5. The van der Waals surface area contributed by atoms with E-state index in [2.05, 4.69) is 53.5 Å². The number of para-hydroxylation sites is 3. The van der Waals surface area contributed by atoms with Crippen LogP contribution in [0.5, 0.6) is 17.4 Å². The van der Waals surface area contributed by atoms with E-state index in [1.807, 2.05) is 89.5 Å². The van der Waals surface area contributed by atoms with Gasteiger partial charge in [0.15, 0.2) is 0 Å². The van der Waals surface area contributed by atoms with Crippen LogP contribution < -0.4 is 4.74 Å². The molecular weight excluding hydrogens is 726 g/mol. The van der Waals surface area contributed by atoms with Gasteiger partial charge in [0.1, 0.15) is 11.4 Å². The molecule has 0 unspecified atom stereocenters. The van der Waals surface area contributed by atoms with Crippen LogP contribution in [0.15, 0.2) is 140 Å². The average Bonchev–Trinajstić information content (AvgIpc) is 3.38. The van der Waals surface area contributed by atoms with Gasteiger partial charge in [0.05, 0.1) is 11.2 Å². The summed E-state index contributed by atoms with van der Waals surface area (Å²) in [5.74, 6) is 1.23. The zero-order valence-corrected chi connectivity index (χ0v) is 25.6. The topological polar surface area (TPSA) is 60.2 Å². The molecule has 0 spiro atoms. The van der Waals surface area contributed by atoms with Crippen LogP contribution in [0.2, 0.25) is 0 Å². The normalized spacial score (nSPS) is 11.1. The standard InChI is InChI=1S/C38H24N3O2.Pt/c42-36-15-6-5-14-35(36)41-34-13-4-3-12-31(34)32-18-19-33(40-38(32)41)29-10-7-11-30(23-29)43-37-24-28(20-21-39-37)27-17-16-25-8-1-2-9-26(25)22-27;/h1-22,24,42H;/q-1;. The smallest absolute Gasteiger partial charge is 0.217 e. The Kier molecular flexibility index (Phi) is 7.17. The number of ether oxygens (including phenoxy) is 1. The maximum atomic E-state index is 10.7. The molecule has 0 saturated carbocycles. The van der Waals surface area contributed by atoms with E-state index in [1.165, 1.54) is 10.8 Å². The number of aromatic nitrogens is 3. The van der Waals surface area contributed by atoms with Gasteiger partial charge in [-0.3, -0.25) is 9.55 Å². The molecule has 0 radical (unpaired) electrons. The Hall–Kier alpha value is -5.25. The molecule has 3 aromatic heterocycles. The Morgan fingerprint density at radius 1 is 0.659 bits per heavy atom. The van der Waals surface area contributed by atoms with Crippen LogP contribution in [0.1, 0.15) is 0 Å². The summed E-state index contributed by atoms with van der Waals surface area (Å²) >= 11 is 0. The third kappa shape index (κ3) is 4.92. The Morgan fingerprint density at radius 2 is 1.45 bits per heavy atom. The first-order valence-electron chi connectivity index (χ1n) is 14.1. The molecule has 44 heavy (non-hydrogen) atoms. The molecule has 5 aromatic carbocycles. The van der Waals surface area contributed by atoms with Crippen molar-refractivity contribution in [3.8, 4) is 45.5 Å². The molecule has 0 fully saturated rings. The Labute approximate surface area is 268 Å². The first-order chi connectivity index (χ1) is 21.2. The first-order valence-corrected chi connectivity index (χ1v) is 14.1. The van der Waals surface area contributed by atoms with E-state index in [1.54, 1.807) is 12.3 Å². The maximum Gasteiger partial charge on any atom is 0.217 e. The van der Waals surface area contributed by atoms with Gasteiger partial charge in [-0.2, -0.15) is 0 Å². The van der Waals surface area contributed by atoms with E-state index in [0.29, 0.717) is 17.3 Å². The fourth-order valence-corrected chi connectivity index (χ4v) is 5.67. The van der Waals surface area contributed by atoms with Crippen LogP contribution in [0, 0.1) is 6.07 Å². The summed E-state index contributed by atoms with van der Waals surface area (Å²) < 4.78 is 8.21. The molecule has 6 heteroatoms. The van der Waals surface area contributed by atoms with E-state index in [4.69, 9.17) is 9.72 Å². The van der Waals surface area contributed by atoms with Gasteiger partial charge < -0.3 is 9.84 Å². The molecule has 3 heterocycles. The van der Waals surface area contributed by atoms with Crippen LogP contribution in [-0.4, -0.2) is 19.6 Å². The van der Waals surface area contributed by atoms with Crippen molar-refractivity contribution in [1.29, 1.82) is 0 Å². The van der Waals surface area contributed by atoms with Crippen molar-refractivity contribution >= 4 is 32.7 Å². The fourth-order valence-electron chi connectivity index (χ4n) is 5.67. The summed E-state index contributed by atoms with van der Waals surface area (Å²) in [6.45, 7) is 0. The van der Waals surface area contributed by atoms with Crippen LogP contribution >= 0.6 is 0 Å². The predicted molar refractivity (Wildman–Crippen MR) is 172 cm³/mol. The van der Waals surface area contributed by atoms with Gasteiger partial charge in [0, 0.05) is 49.9 Å². The minimum Gasteiger partial charge on any atom is -0.506 e. The van der Waals surface area contributed by atoms with Crippen LogP contribution in [-0.2, 0) is 21.1 Å². The number of pyridine rings is 2. The van der Waals surface area contributed by atoms with Crippen LogP contribution in [0.25, 0.3) is 60.8 Å². The summed E-state index contributed by atoms with van der Waals surface area (Å²) in [6.07, 6.45) is 1.76. The van der Waals surface area contributed by atoms with Crippen molar-refractivity contribution in [3.05, 3.63) is 146 Å². The third-order valence-corrected chi connectivity index (χ3v) is 7.72. The van der Waals surface area contributed by atoms with Crippen molar-refractivity contribution in [1.82, 2.24) is 14.5 Å². The monoisotopic (exact) mass is 749 g/mol. The number of hydrogen-bond donors (Lipinski definition) is 1.